The molecule has 3 nitrogen and oxygen atoms in total. The third-order valence-corrected chi connectivity index (χ3v) is 4.32. The molecule has 18 heavy (non-hydrogen) atoms. The van der Waals surface area contributed by atoms with Gasteiger partial charge in [0.25, 0.3) is 5.91 Å². The summed E-state index contributed by atoms with van der Waals surface area (Å²) in [6.45, 7) is 3.77. The van der Waals surface area contributed by atoms with Gasteiger partial charge >= 0.3 is 0 Å². The van der Waals surface area contributed by atoms with Gasteiger partial charge in [0, 0.05) is 9.50 Å². The standard InChI is InChI=1S/C12H10BrClN2OS/c1-6-3-8(13)10(4-9(6)14)16-12(17)11-5-15-7(2)18-11/h3-5H,1-2H3,(H,16,17). The number of halogens is 2. The van der Waals surface area contributed by atoms with E-state index >= 15 is 0 Å². The maximum Gasteiger partial charge on any atom is 0.267 e. The van der Waals surface area contributed by atoms with Crippen molar-refractivity contribution in [1.82, 2.24) is 4.98 Å². The molecule has 0 fully saturated rings. The normalized spacial score (nSPS) is 10.4. The van der Waals surface area contributed by atoms with Crippen LogP contribution in [0.15, 0.2) is 22.8 Å². The summed E-state index contributed by atoms with van der Waals surface area (Å²) in [6.07, 6.45) is 1.57. The summed E-state index contributed by atoms with van der Waals surface area (Å²) >= 11 is 10.8. The molecule has 0 saturated carbocycles. The second-order valence-corrected chi connectivity index (χ2v) is 6.28. The molecule has 1 amide bonds. The predicted molar refractivity (Wildman–Crippen MR) is 78.7 cm³/mol. The Labute approximate surface area is 122 Å². The lowest BCUT2D eigenvalue weighted by molar-refractivity contribution is 0.103. The van der Waals surface area contributed by atoms with Gasteiger partial charge in [0.2, 0.25) is 0 Å². The van der Waals surface area contributed by atoms with Gasteiger partial charge in [0.05, 0.1) is 16.9 Å². The second kappa shape index (κ2) is 5.38. The van der Waals surface area contributed by atoms with E-state index in [2.05, 4.69) is 26.2 Å². The van der Waals surface area contributed by atoms with Crippen LogP contribution in [-0.2, 0) is 0 Å². The minimum Gasteiger partial charge on any atom is -0.320 e. The Hall–Kier alpha value is -0.910. The molecule has 0 atom stereocenters. The van der Waals surface area contributed by atoms with E-state index in [0.29, 0.717) is 15.6 Å². The summed E-state index contributed by atoms with van der Waals surface area (Å²) in [7, 11) is 0. The molecule has 2 rings (SSSR count). The number of nitrogens with zero attached hydrogens (tertiary/aromatic N) is 1. The van der Waals surface area contributed by atoms with Crippen LogP contribution in [0.1, 0.15) is 20.2 Å². The smallest absolute Gasteiger partial charge is 0.267 e. The van der Waals surface area contributed by atoms with E-state index in [-0.39, 0.29) is 5.91 Å². The van der Waals surface area contributed by atoms with E-state index in [1.807, 2.05) is 19.9 Å². The first kappa shape index (κ1) is 13.5. The van der Waals surface area contributed by atoms with Crippen LogP contribution in [0.3, 0.4) is 0 Å². The van der Waals surface area contributed by atoms with Crippen molar-refractivity contribution in [1.29, 1.82) is 0 Å². The van der Waals surface area contributed by atoms with E-state index < -0.39 is 0 Å². The van der Waals surface area contributed by atoms with Crippen LogP contribution in [0.5, 0.6) is 0 Å². The Balaban J connectivity index is 2.24. The number of amides is 1. The van der Waals surface area contributed by atoms with Gasteiger partial charge < -0.3 is 5.32 Å². The minimum absolute atomic E-state index is 0.179. The number of carbonyl (C=O) groups is 1. The average molecular weight is 346 g/mol. The largest absolute Gasteiger partial charge is 0.320 e. The molecule has 0 aliphatic carbocycles. The topological polar surface area (TPSA) is 42.0 Å². The summed E-state index contributed by atoms with van der Waals surface area (Å²) < 4.78 is 0.805. The van der Waals surface area contributed by atoms with Gasteiger partial charge in [-0.3, -0.25) is 4.79 Å². The van der Waals surface area contributed by atoms with Gasteiger partial charge in [0.1, 0.15) is 4.88 Å². The molecular weight excluding hydrogens is 336 g/mol. The highest BCUT2D eigenvalue weighted by atomic mass is 79.9. The van der Waals surface area contributed by atoms with Crippen LogP contribution < -0.4 is 5.32 Å². The van der Waals surface area contributed by atoms with Crippen molar-refractivity contribution in [3.05, 3.63) is 43.3 Å². The van der Waals surface area contributed by atoms with Crippen LogP contribution in [-0.4, -0.2) is 10.9 Å². The number of aryl methyl sites for hydroxylation is 2. The molecule has 0 radical (unpaired) electrons. The number of rotatable bonds is 2. The maximum atomic E-state index is 12.0. The zero-order valence-electron chi connectivity index (χ0n) is 9.75. The molecule has 1 aromatic heterocycles. The molecule has 1 aromatic carbocycles. The Morgan fingerprint density at radius 1 is 1.44 bits per heavy atom. The summed E-state index contributed by atoms with van der Waals surface area (Å²) in [5.74, 6) is -0.179. The van der Waals surface area contributed by atoms with Gasteiger partial charge in [-0.05, 0) is 47.5 Å². The fraction of sp³-hybridized carbons (Fsp3) is 0.167. The molecule has 0 unspecified atom stereocenters. The number of anilines is 1. The monoisotopic (exact) mass is 344 g/mol. The summed E-state index contributed by atoms with van der Waals surface area (Å²) in [6, 6.07) is 3.60. The van der Waals surface area contributed by atoms with E-state index in [0.717, 1.165) is 15.0 Å². The molecule has 0 aliphatic heterocycles. The first-order chi connectivity index (χ1) is 8.47. The zero-order chi connectivity index (χ0) is 13.3. The molecular formula is C12H10BrClN2OS. The summed E-state index contributed by atoms with van der Waals surface area (Å²) in [5, 5.41) is 4.29. The summed E-state index contributed by atoms with van der Waals surface area (Å²) in [4.78, 5) is 16.6. The lowest BCUT2D eigenvalue weighted by Gasteiger charge is -2.08. The Kier molecular flexibility index (Phi) is 4.04. The molecule has 0 bridgehead atoms. The van der Waals surface area contributed by atoms with Crippen molar-refractivity contribution in [2.24, 2.45) is 0 Å². The second-order valence-electron chi connectivity index (χ2n) is 3.78. The number of thiazole rings is 1. The van der Waals surface area contributed by atoms with Crippen LogP contribution in [0, 0.1) is 13.8 Å². The van der Waals surface area contributed by atoms with Gasteiger partial charge in [-0.1, -0.05) is 11.6 Å². The first-order valence-electron chi connectivity index (χ1n) is 5.17. The van der Waals surface area contributed by atoms with E-state index in [1.165, 1.54) is 11.3 Å². The van der Waals surface area contributed by atoms with Gasteiger partial charge in [-0.25, -0.2) is 4.98 Å². The number of benzene rings is 1. The van der Waals surface area contributed by atoms with Crippen molar-refractivity contribution >= 4 is 50.5 Å². The highest BCUT2D eigenvalue weighted by Gasteiger charge is 2.12. The van der Waals surface area contributed by atoms with E-state index in [4.69, 9.17) is 11.6 Å². The van der Waals surface area contributed by atoms with Crippen molar-refractivity contribution < 1.29 is 4.79 Å². The quantitative estimate of drug-likeness (QED) is 0.875. The van der Waals surface area contributed by atoms with Crippen molar-refractivity contribution in [3.8, 4) is 0 Å². The Bertz CT molecular complexity index is 612. The highest BCUT2D eigenvalue weighted by molar-refractivity contribution is 9.10. The van der Waals surface area contributed by atoms with Crippen molar-refractivity contribution in [2.75, 3.05) is 5.32 Å². The van der Waals surface area contributed by atoms with Crippen LogP contribution in [0.2, 0.25) is 5.02 Å². The molecule has 0 saturated heterocycles. The summed E-state index contributed by atoms with van der Waals surface area (Å²) in [5.41, 5.74) is 1.61. The third-order valence-electron chi connectivity index (χ3n) is 2.34. The molecule has 2 aromatic rings. The minimum atomic E-state index is -0.179. The van der Waals surface area contributed by atoms with Crippen LogP contribution in [0.4, 0.5) is 5.69 Å². The molecule has 6 heteroatoms. The SMILES string of the molecule is Cc1ncc(C(=O)Nc2cc(Cl)c(C)cc2Br)s1. The van der Waals surface area contributed by atoms with E-state index in [1.54, 1.807) is 12.3 Å². The van der Waals surface area contributed by atoms with Gasteiger partial charge in [-0.2, -0.15) is 0 Å². The van der Waals surface area contributed by atoms with Gasteiger partial charge in [0.15, 0.2) is 0 Å². The number of aromatic nitrogens is 1. The molecule has 0 spiro atoms. The number of hydrogen-bond acceptors (Lipinski definition) is 3. The molecule has 0 aliphatic rings. The number of hydrogen-bond donors (Lipinski definition) is 1. The zero-order valence-corrected chi connectivity index (χ0v) is 12.9. The highest BCUT2D eigenvalue weighted by Crippen LogP contribution is 2.29. The average Bonchev–Trinajstić information content (AvgIpc) is 2.73. The molecule has 1 N–H and O–H groups in total. The van der Waals surface area contributed by atoms with E-state index in [9.17, 15) is 4.79 Å². The fourth-order valence-corrected chi connectivity index (χ4v) is 2.79. The fourth-order valence-electron chi connectivity index (χ4n) is 1.39. The van der Waals surface area contributed by atoms with Crippen LogP contribution >= 0.6 is 38.9 Å². The maximum absolute atomic E-state index is 12.0. The predicted octanol–water partition coefficient (Wildman–Crippen LogP) is 4.43. The lowest BCUT2D eigenvalue weighted by atomic mass is 10.2. The van der Waals surface area contributed by atoms with Crippen molar-refractivity contribution in [3.63, 3.8) is 0 Å². The number of carbonyl (C=O) groups excluding carboxylic acids is 1. The lowest BCUT2D eigenvalue weighted by Crippen LogP contribution is -2.10. The Morgan fingerprint density at radius 3 is 2.78 bits per heavy atom. The third kappa shape index (κ3) is 2.91. The van der Waals surface area contributed by atoms with Gasteiger partial charge in [-0.15, -0.1) is 11.3 Å². The van der Waals surface area contributed by atoms with Crippen molar-refractivity contribution in [2.45, 2.75) is 13.8 Å². The van der Waals surface area contributed by atoms with Crippen LogP contribution in [0.25, 0.3) is 0 Å². The first-order valence-corrected chi connectivity index (χ1v) is 7.15. The molecule has 94 valence electrons. The molecule has 1 heterocycles. The Morgan fingerprint density at radius 2 is 2.17 bits per heavy atom. The number of nitrogens with one attached hydrogen (secondary N) is 1.